The van der Waals surface area contributed by atoms with Gasteiger partial charge in [-0.1, -0.05) is 45.4 Å². The molecule has 0 fully saturated rings. The van der Waals surface area contributed by atoms with Crippen LogP contribution >= 0.6 is 0 Å². The molecular weight excluding hydrogens is 246 g/mol. The third kappa shape index (κ3) is 5.31. The number of rotatable bonds is 6. The lowest BCUT2D eigenvalue weighted by Crippen LogP contribution is -2.12. The first-order valence-corrected chi connectivity index (χ1v) is 8.47. The predicted octanol–water partition coefficient (Wildman–Crippen LogP) is 5.08. The van der Waals surface area contributed by atoms with Crippen molar-refractivity contribution in [2.45, 2.75) is 59.0 Å². The second-order valence-corrected chi connectivity index (χ2v) is 8.13. The molecule has 2 atom stereocenters. The molecule has 0 saturated carbocycles. The van der Waals surface area contributed by atoms with Gasteiger partial charge in [0.25, 0.3) is 0 Å². The smallest absolute Gasteiger partial charge is 0.0446 e. The quantitative estimate of drug-likeness (QED) is 0.659. The maximum atomic E-state index is 4.43. The molecule has 104 valence electrons. The molecule has 1 aromatic heterocycles. The minimum absolute atomic E-state index is 0.681. The molecule has 1 heterocycles. The van der Waals surface area contributed by atoms with Crippen LogP contribution in [-0.2, 0) is 0 Å². The number of aromatic nitrogens is 1. The van der Waals surface area contributed by atoms with Gasteiger partial charge in [0.05, 0.1) is 0 Å². The predicted molar refractivity (Wildman–Crippen MR) is 86.8 cm³/mol. The van der Waals surface area contributed by atoms with Crippen LogP contribution in [0.5, 0.6) is 0 Å². The molecule has 0 bridgehead atoms. The molecule has 0 aliphatic heterocycles. The Bertz CT molecular complexity index is 423. The van der Waals surface area contributed by atoms with E-state index in [-0.39, 0.29) is 0 Å². The molecule has 1 rings (SSSR count). The van der Waals surface area contributed by atoms with Gasteiger partial charge in [0.1, 0.15) is 0 Å². The summed E-state index contributed by atoms with van der Waals surface area (Å²) in [6.07, 6.45) is 7.82. The second-order valence-electron chi connectivity index (χ2n) is 5.73. The molecule has 2 radical (unpaired) electrons. The van der Waals surface area contributed by atoms with Crippen LogP contribution < -0.4 is 0 Å². The summed E-state index contributed by atoms with van der Waals surface area (Å²) in [5, 5.41) is 0. The molecule has 1 aromatic rings. The van der Waals surface area contributed by atoms with Gasteiger partial charge in [0.15, 0.2) is 0 Å². The van der Waals surface area contributed by atoms with E-state index in [2.05, 4.69) is 64.7 Å². The Kier molecular flexibility index (Phi) is 6.50. The fraction of sp³-hybridized carbons (Fsp3) is 0.588. The standard InChI is InChI=1S/C17H27NSi/c1-7-16(15(6)19-12(2)3)8-9-17-10-13(4)11-18-14(17)5/h8-12,15-16H,7H2,1-6H3/b9-8-. The number of hydrogen-bond acceptors (Lipinski definition) is 1. The third-order valence-electron chi connectivity index (χ3n) is 3.50. The first kappa shape index (κ1) is 16.2. The van der Waals surface area contributed by atoms with E-state index >= 15 is 0 Å². The molecule has 0 aromatic carbocycles. The van der Waals surface area contributed by atoms with Gasteiger partial charge < -0.3 is 0 Å². The van der Waals surface area contributed by atoms with Crippen LogP contribution in [0.4, 0.5) is 0 Å². The topological polar surface area (TPSA) is 12.9 Å². The van der Waals surface area contributed by atoms with E-state index in [1.54, 1.807) is 0 Å². The average molecular weight is 273 g/mol. The van der Waals surface area contributed by atoms with Crippen LogP contribution in [0.25, 0.3) is 6.08 Å². The van der Waals surface area contributed by atoms with Crippen molar-refractivity contribution in [3.8, 4) is 0 Å². The highest BCUT2D eigenvalue weighted by atomic mass is 28.2. The summed E-state index contributed by atoms with van der Waals surface area (Å²) < 4.78 is 0. The summed E-state index contributed by atoms with van der Waals surface area (Å²) >= 11 is 0. The van der Waals surface area contributed by atoms with Crippen molar-refractivity contribution in [1.82, 2.24) is 4.98 Å². The molecule has 0 saturated heterocycles. The minimum Gasteiger partial charge on any atom is -0.261 e. The Morgan fingerprint density at radius 1 is 1.26 bits per heavy atom. The molecule has 1 nitrogen and oxygen atoms in total. The van der Waals surface area contributed by atoms with Crippen molar-refractivity contribution in [2.75, 3.05) is 0 Å². The first-order chi connectivity index (χ1) is 8.93. The molecule has 19 heavy (non-hydrogen) atoms. The number of allylic oxidation sites excluding steroid dienone is 1. The number of hydrogen-bond donors (Lipinski definition) is 0. The largest absolute Gasteiger partial charge is 0.261 e. The van der Waals surface area contributed by atoms with Gasteiger partial charge in [-0.3, -0.25) is 4.98 Å². The fourth-order valence-electron chi connectivity index (χ4n) is 2.36. The van der Waals surface area contributed by atoms with Gasteiger partial charge >= 0.3 is 0 Å². The highest BCUT2D eigenvalue weighted by molar-refractivity contribution is 6.39. The first-order valence-electron chi connectivity index (χ1n) is 7.31. The van der Waals surface area contributed by atoms with Gasteiger partial charge in [0.2, 0.25) is 0 Å². The van der Waals surface area contributed by atoms with Crippen molar-refractivity contribution in [1.29, 1.82) is 0 Å². The Morgan fingerprint density at radius 2 is 1.95 bits per heavy atom. The van der Waals surface area contributed by atoms with Gasteiger partial charge in [-0.15, -0.1) is 0 Å². The molecular formula is C17H27NSi. The Balaban J connectivity index is 2.79. The van der Waals surface area contributed by atoms with Crippen LogP contribution in [0.2, 0.25) is 11.1 Å². The molecule has 2 heteroatoms. The minimum atomic E-state index is 0.681. The van der Waals surface area contributed by atoms with E-state index in [1.165, 1.54) is 17.5 Å². The average Bonchev–Trinajstić information content (AvgIpc) is 2.33. The van der Waals surface area contributed by atoms with Crippen molar-refractivity contribution in [3.63, 3.8) is 0 Å². The maximum Gasteiger partial charge on any atom is 0.0446 e. The van der Waals surface area contributed by atoms with Crippen molar-refractivity contribution < 1.29 is 0 Å². The van der Waals surface area contributed by atoms with E-state index in [9.17, 15) is 0 Å². The van der Waals surface area contributed by atoms with Gasteiger partial charge in [0, 0.05) is 21.4 Å². The van der Waals surface area contributed by atoms with E-state index in [4.69, 9.17) is 0 Å². The molecule has 0 amide bonds. The summed E-state index contributed by atoms with van der Waals surface area (Å²) in [5.41, 5.74) is 5.20. The maximum absolute atomic E-state index is 4.43. The number of aryl methyl sites for hydroxylation is 2. The van der Waals surface area contributed by atoms with Crippen molar-refractivity contribution in [2.24, 2.45) is 5.92 Å². The SMILES string of the molecule is CCC(/C=C\c1cc(C)cnc1C)C(C)[Si]C(C)C. The zero-order valence-corrected chi connectivity index (χ0v) is 14.2. The van der Waals surface area contributed by atoms with Crippen molar-refractivity contribution in [3.05, 3.63) is 35.2 Å². The molecule has 0 aliphatic rings. The summed E-state index contributed by atoms with van der Waals surface area (Å²) in [7, 11) is 1.05. The number of nitrogens with zero attached hydrogens (tertiary/aromatic N) is 1. The number of pyridine rings is 1. The third-order valence-corrected chi connectivity index (χ3v) is 5.12. The van der Waals surface area contributed by atoms with Crippen LogP contribution in [0.1, 0.15) is 50.9 Å². The van der Waals surface area contributed by atoms with Gasteiger partial charge in [-0.25, -0.2) is 0 Å². The van der Waals surface area contributed by atoms with Crippen molar-refractivity contribution >= 4 is 15.6 Å². The molecule has 0 spiro atoms. The fourth-order valence-corrected chi connectivity index (χ4v) is 4.01. The summed E-state index contributed by atoms with van der Waals surface area (Å²) in [5.74, 6) is 0.681. The lowest BCUT2D eigenvalue weighted by atomic mass is 10.0. The highest BCUT2D eigenvalue weighted by Gasteiger charge is 2.14. The highest BCUT2D eigenvalue weighted by Crippen LogP contribution is 2.26. The Hall–Kier alpha value is -0.893. The second kappa shape index (κ2) is 7.64. The van der Waals surface area contributed by atoms with Crippen LogP contribution in [0, 0.1) is 19.8 Å². The van der Waals surface area contributed by atoms with Crippen LogP contribution in [0.15, 0.2) is 18.3 Å². The van der Waals surface area contributed by atoms with Crippen LogP contribution in [-0.4, -0.2) is 14.5 Å². The van der Waals surface area contributed by atoms with Gasteiger partial charge in [-0.05, 0) is 48.9 Å². The van der Waals surface area contributed by atoms with E-state index < -0.39 is 0 Å². The Morgan fingerprint density at radius 3 is 2.53 bits per heavy atom. The van der Waals surface area contributed by atoms with E-state index in [0.29, 0.717) is 5.92 Å². The van der Waals surface area contributed by atoms with Crippen LogP contribution in [0.3, 0.4) is 0 Å². The lowest BCUT2D eigenvalue weighted by molar-refractivity contribution is 0.598. The normalized spacial score (nSPS) is 15.1. The van der Waals surface area contributed by atoms with E-state index in [0.717, 1.165) is 26.3 Å². The lowest BCUT2D eigenvalue weighted by Gasteiger charge is -2.20. The zero-order chi connectivity index (χ0) is 14.4. The zero-order valence-electron chi connectivity index (χ0n) is 13.2. The molecule has 0 N–H and O–H groups in total. The summed E-state index contributed by atoms with van der Waals surface area (Å²) in [6, 6.07) is 2.22. The summed E-state index contributed by atoms with van der Waals surface area (Å²) in [4.78, 5) is 4.43. The van der Waals surface area contributed by atoms with Gasteiger partial charge in [-0.2, -0.15) is 0 Å². The Labute approximate surface area is 121 Å². The van der Waals surface area contributed by atoms with E-state index in [1.807, 2.05) is 6.20 Å². The molecule has 0 aliphatic carbocycles. The summed E-state index contributed by atoms with van der Waals surface area (Å²) in [6.45, 7) is 13.5. The molecule has 2 unspecified atom stereocenters. The monoisotopic (exact) mass is 273 g/mol.